The maximum Gasteiger partial charge on any atom is 0.310 e. The van der Waals surface area contributed by atoms with E-state index in [1.807, 2.05) is 12.1 Å². The highest BCUT2D eigenvalue weighted by Gasteiger charge is 2.42. The maximum absolute atomic E-state index is 12.3. The van der Waals surface area contributed by atoms with Crippen molar-refractivity contribution in [1.82, 2.24) is 9.88 Å². The fraction of sp³-hybridized carbons (Fsp3) is 0.500. The summed E-state index contributed by atoms with van der Waals surface area (Å²) in [4.78, 5) is 18.3. The fourth-order valence-corrected chi connectivity index (χ4v) is 4.26. The molecule has 4 rings (SSSR count). The molecule has 0 spiro atoms. The van der Waals surface area contributed by atoms with Crippen LogP contribution in [-0.4, -0.2) is 43.2 Å². The molecule has 2 aliphatic rings. The Bertz CT molecular complexity index is 752. The average molecular weight is 314 g/mol. The number of hydrogen-bond acceptors (Lipinski definition) is 4. The zero-order chi connectivity index (χ0) is 16.0. The number of hydrogen-bond donors (Lipinski definition) is 1. The zero-order valence-electron chi connectivity index (χ0n) is 13.6. The van der Waals surface area contributed by atoms with Gasteiger partial charge in [-0.3, -0.25) is 9.69 Å². The van der Waals surface area contributed by atoms with Gasteiger partial charge in [-0.25, -0.2) is 0 Å². The van der Waals surface area contributed by atoms with Gasteiger partial charge in [0.1, 0.15) is 5.75 Å². The van der Waals surface area contributed by atoms with Gasteiger partial charge in [-0.1, -0.05) is 0 Å². The summed E-state index contributed by atoms with van der Waals surface area (Å²) in [5.41, 5.74) is 3.62. The fourth-order valence-electron chi connectivity index (χ4n) is 4.26. The highest BCUT2D eigenvalue weighted by Crippen LogP contribution is 2.43. The predicted molar refractivity (Wildman–Crippen MR) is 87.6 cm³/mol. The number of fused-ring (bicyclic) bond motifs is 5. The van der Waals surface area contributed by atoms with Crippen LogP contribution in [0.15, 0.2) is 18.2 Å². The van der Waals surface area contributed by atoms with E-state index in [2.05, 4.69) is 16.0 Å². The van der Waals surface area contributed by atoms with Crippen molar-refractivity contribution in [2.75, 3.05) is 27.3 Å². The summed E-state index contributed by atoms with van der Waals surface area (Å²) in [6.07, 6.45) is 2.97. The summed E-state index contributed by atoms with van der Waals surface area (Å²) < 4.78 is 10.4. The molecule has 2 aliphatic heterocycles. The molecule has 122 valence electrons. The Morgan fingerprint density at radius 2 is 2.17 bits per heavy atom. The summed E-state index contributed by atoms with van der Waals surface area (Å²) in [5, 5.41) is 1.25. The van der Waals surface area contributed by atoms with Crippen LogP contribution in [0.25, 0.3) is 10.9 Å². The molecule has 1 saturated heterocycles. The third-order valence-electron chi connectivity index (χ3n) is 5.33. The summed E-state index contributed by atoms with van der Waals surface area (Å²) in [7, 11) is 3.17. The van der Waals surface area contributed by atoms with Gasteiger partial charge >= 0.3 is 5.97 Å². The molecule has 1 N–H and O–H groups in total. The summed E-state index contributed by atoms with van der Waals surface area (Å²) in [5.74, 6) is 0.674. The monoisotopic (exact) mass is 314 g/mol. The van der Waals surface area contributed by atoms with Gasteiger partial charge in [0.15, 0.2) is 0 Å². The second-order valence-electron chi connectivity index (χ2n) is 6.43. The molecule has 1 aromatic carbocycles. The third kappa shape index (κ3) is 2.22. The van der Waals surface area contributed by atoms with E-state index in [1.165, 1.54) is 23.8 Å². The van der Waals surface area contributed by atoms with E-state index >= 15 is 0 Å². The van der Waals surface area contributed by atoms with Gasteiger partial charge in [0, 0.05) is 29.2 Å². The van der Waals surface area contributed by atoms with E-state index < -0.39 is 0 Å². The van der Waals surface area contributed by atoms with Gasteiger partial charge in [-0.05, 0) is 43.5 Å². The lowest BCUT2D eigenvalue weighted by atomic mass is 9.82. The van der Waals surface area contributed by atoms with Crippen LogP contribution in [0, 0.1) is 5.92 Å². The number of nitrogens with one attached hydrogen (secondary N) is 1. The Morgan fingerprint density at radius 1 is 1.30 bits per heavy atom. The second kappa shape index (κ2) is 5.57. The Labute approximate surface area is 135 Å². The molecule has 1 fully saturated rings. The zero-order valence-corrected chi connectivity index (χ0v) is 13.6. The van der Waals surface area contributed by atoms with Crippen molar-refractivity contribution >= 4 is 16.9 Å². The minimum Gasteiger partial charge on any atom is -0.497 e. The van der Waals surface area contributed by atoms with E-state index in [0.717, 1.165) is 43.6 Å². The molecular formula is C18H22N2O3. The number of benzene rings is 1. The van der Waals surface area contributed by atoms with Gasteiger partial charge in [0.05, 0.1) is 26.2 Å². The number of aromatic amines is 1. The van der Waals surface area contributed by atoms with Crippen LogP contribution in [0.1, 0.15) is 30.1 Å². The van der Waals surface area contributed by atoms with Crippen molar-refractivity contribution in [2.45, 2.75) is 25.3 Å². The van der Waals surface area contributed by atoms with E-state index in [4.69, 9.17) is 9.47 Å². The summed E-state index contributed by atoms with van der Waals surface area (Å²) in [6, 6.07) is 6.27. The van der Waals surface area contributed by atoms with E-state index in [-0.39, 0.29) is 17.9 Å². The van der Waals surface area contributed by atoms with Crippen molar-refractivity contribution in [1.29, 1.82) is 0 Å². The number of methoxy groups -OCH3 is 2. The van der Waals surface area contributed by atoms with Crippen LogP contribution in [0.4, 0.5) is 0 Å². The first-order valence-corrected chi connectivity index (χ1v) is 8.23. The molecule has 5 heteroatoms. The molecule has 0 unspecified atom stereocenters. The van der Waals surface area contributed by atoms with E-state index in [1.54, 1.807) is 7.11 Å². The van der Waals surface area contributed by atoms with Crippen LogP contribution in [0.2, 0.25) is 0 Å². The van der Waals surface area contributed by atoms with Crippen molar-refractivity contribution in [2.24, 2.45) is 5.92 Å². The molecule has 0 amide bonds. The minimum atomic E-state index is -0.0937. The van der Waals surface area contributed by atoms with E-state index in [9.17, 15) is 4.79 Å². The number of nitrogens with zero attached hydrogens (tertiary/aromatic N) is 1. The quantitative estimate of drug-likeness (QED) is 0.866. The molecule has 0 aliphatic carbocycles. The molecule has 2 aromatic rings. The van der Waals surface area contributed by atoms with Gasteiger partial charge in [0.25, 0.3) is 0 Å². The first-order chi connectivity index (χ1) is 11.2. The minimum absolute atomic E-state index is 0.0808. The molecule has 5 nitrogen and oxygen atoms in total. The number of H-pyrrole nitrogens is 1. The van der Waals surface area contributed by atoms with Gasteiger partial charge in [-0.2, -0.15) is 0 Å². The Morgan fingerprint density at radius 3 is 2.96 bits per heavy atom. The normalized spacial score (nSPS) is 24.1. The van der Waals surface area contributed by atoms with Crippen LogP contribution in [-0.2, 0) is 16.0 Å². The second-order valence-corrected chi connectivity index (χ2v) is 6.43. The van der Waals surface area contributed by atoms with Crippen molar-refractivity contribution < 1.29 is 14.3 Å². The van der Waals surface area contributed by atoms with E-state index in [0.29, 0.717) is 0 Å². The Hall–Kier alpha value is -2.01. The van der Waals surface area contributed by atoms with Gasteiger partial charge < -0.3 is 14.5 Å². The average Bonchev–Trinajstić information content (AvgIpc) is 2.98. The van der Waals surface area contributed by atoms with Crippen molar-refractivity contribution in [3.8, 4) is 5.75 Å². The highest BCUT2D eigenvalue weighted by molar-refractivity contribution is 5.87. The molecule has 0 saturated carbocycles. The Kier molecular flexibility index (Phi) is 3.53. The third-order valence-corrected chi connectivity index (χ3v) is 5.33. The number of ether oxygens (including phenoxy) is 2. The molecule has 3 heterocycles. The first kappa shape index (κ1) is 14.6. The topological polar surface area (TPSA) is 54.6 Å². The van der Waals surface area contributed by atoms with Crippen LogP contribution < -0.4 is 4.74 Å². The number of esters is 1. The predicted octanol–water partition coefficient (Wildman–Crippen LogP) is 2.66. The summed E-state index contributed by atoms with van der Waals surface area (Å²) in [6.45, 7) is 2.06. The van der Waals surface area contributed by atoms with Gasteiger partial charge in [0.2, 0.25) is 0 Å². The lowest BCUT2D eigenvalue weighted by Crippen LogP contribution is -2.45. The van der Waals surface area contributed by atoms with Crippen molar-refractivity contribution in [3.63, 3.8) is 0 Å². The van der Waals surface area contributed by atoms with Crippen LogP contribution in [0.5, 0.6) is 5.75 Å². The largest absolute Gasteiger partial charge is 0.497 e. The molecular weight excluding hydrogens is 292 g/mol. The lowest BCUT2D eigenvalue weighted by Gasteiger charge is -2.42. The first-order valence-electron chi connectivity index (χ1n) is 8.23. The van der Waals surface area contributed by atoms with Crippen molar-refractivity contribution in [3.05, 3.63) is 29.5 Å². The maximum atomic E-state index is 12.3. The standard InChI is InChI=1S/C18H22N2O3/c1-22-11-5-6-12-13-7-9-20-8-3-4-14(18(21)23-2)17(20)16(13)19-15(12)10-11/h5-6,10,14,17,19H,3-4,7-9H2,1-2H3/t14-,17-/m1/s1. The number of carbonyl (C=O) groups is 1. The number of aromatic nitrogens is 1. The number of rotatable bonds is 2. The lowest BCUT2D eigenvalue weighted by molar-refractivity contribution is -0.150. The smallest absolute Gasteiger partial charge is 0.310 e. The molecule has 1 aromatic heterocycles. The molecule has 2 atom stereocenters. The summed E-state index contributed by atoms with van der Waals surface area (Å²) >= 11 is 0. The highest BCUT2D eigenvalue weighted by atomic mass is 16.5. The Balaban J connectivity index is 1.83. The van der Waals surface area contributed by atoms with Crippen LogP contribution in [0.3, 0.4) is 0 Å². The molecule has 0 radical (unpaired) electrons. The molecule has 0 bridgehead atoms. The van der Waals surface area contributed by atoms with Crippen LogP contribution >= 0.6 is 0 Å². The SMILES string of the molecule is COC(=O)[C@@H]1CCCN2CCc3c([nH]c4cc(OC)ccc34)[C@@H]12. The number of carbonyl (C=O) groups excluding carboxylic acids is 1. The molecule has 23 heavy (non-hydrogen) atoms. The van der Waals surface area contributed by atoms with Gasteiger partial charge in [-0.15, -0.1) is 0 Å². The number of piperidine rings is 1.